The molecule has 1 unspecified atom stereocenters. The van der Waals surface area contributed by atoms with E-state index in [-0.39, 0.29) is 0 Å². The number of hydrogen-bond donors (Lipinski definition) is 2. The lowest BCUT2D eigenvalue weighted by Crippen LogP contribution is -2.20. The summed E-state index contributed by atoms with van der Waals surface area (Å²) in [7, 11) is -3.25. The number of aryl methyl sites for hydroxylation is 2. The number of amides is 2. The predicted molar refractivity (Wildman–Crippen MR) is 116 cm³/mol. The van der Waals surface area contributed by atoms with E-state index in [9.17, 15) is 9.00 Å². The number of carbonyl (C=O) groups is 1. The number of carbonyl (C=O) groups excluding carboxylic acids is 1. The zero-order chi connectivity index (χ0) is 20.2. The SMILES string of the molecule is Cc1c(C2CC2)nc2c(c1NC(=O)N=S(N)(=O)c1scc3c1CCCC3)CCC2. The molecule has 0 radical (unpaired) electrons. The highest BCUT2D eigenvalue weighted by Crippen LogP contribution is 2.44. The fourth-order valence-corrected chi connectivity index (χ4v) is 7.31. The molecule has 5 rings (SSSR count). The van der Waals surface area contributed by atoms with Crippen molar-refractivity contribution >= 4 is 33.0 Å². The van der Waals surface area contributed by atoms with Crippen LogP contribution in [-0.2, 0) is 35.6 Å². The van der Waals surface area contributed by atoms with Gasteiger partial charge in [0.05, 0.1) is 5.69 Å². The summed E-state index contributed by atoms with van der Waals surface area (Å²) >= 11 is 1.37. The van der Waals surface area contributed by atoms with Crippen molar-refractivity contribution in [3.8, 4) is 0 Å². The first-order valence-electron chi connectivity index (χ1n) is 10.4. The molecule has 3 aliphatic rings. The molecular weight excluding hydrogens is 404 g/mol. The molecular formula is C21H26N4O2S2. The van der Waals surface area contributed by atoms with Crippen molar-refractivity contribution in [2.45, 2.75) is 74.8 Å². The van der Waals surface area contributed by atoms with E-state index in [1.165, 1.54) is 16.9 Å². The molecule has 0 bridgehead atoms. The topological polar surface area (TPSA) is 97.4 Å². The van der Waals surface area contributed by atoms with Gasteiger partial charge in [-0.25, -0.2) is 14.1 Å². The number of thiophene rings is 1. The van der Waals surface area contributed by atoms with Crippen molar-refractivity contribution in [3.63, 3.8) is 0 Å². The highest BCUT2D eigenvalue weighted by Gasteiger charge is 2.31. The van der Waals surface area contributed by atoms with Crippen molar-refractivity contribution < 1.29 is 9.00 Å². The van der Waals surface area contributed by atoms with E-state index in [1.807, 2.05) is 12.3 Å². The summed E-state index contributed by atoms with van der Waals surface area (Å²) in [5.74, 6) is 0.505. The molecule has 3 N–H and O–H groups in total. The number of fused-ring (bicyclic) bond motifs is 2. The number of aromatic nitrogens is 1. The molecule has 3 aliphatic carbocycles. The number of nitrogens with one attached hydrogen (secondary N) is 1. The number of nitrogens with two attached hydrogens (primary N) is 1. The molecule has 0 saturated heterocycles. The van der Waals surface area contributed by atoms with E-state index >= 15 is 0 Å². The number of urea groups is 1. The lowest BCUT2D eigenvalue weighted by Gasteiger charge is -2.16. The van der Waals surface area contributed by atoms with Crippen LogP contribution in [0.5, 0.6) is 0 Å². The number of rotatable bonds is 3. The summed E-state index contributed by atoms with van der Waals surface area (Å²) < 4.78 is 17.7. The fourth-order valence-electron chi connectivity index (χ4n) is 4.66. The summed E-state index contributed by atoms with van der Waals surface area (Å²) in [5, 5.41) is 11.0. The van der Waals surface area contributed by atoms with Gasteiger partial charge in [-0.05, 0) is 92.3 Å². The molecule has 2 heterocycles. The number of nitrogens with zero attached hydrogens (tertiary/aromatic N) is 2. The van der Waals surface area contributed by atoms with Crippen LogP contribution in [0.25, 0.3) is 0 Å². The van der Waals surface area contributed by atoms with Gasteiger partial charge in [0.2, 0.25) is 0 Å². The maximum Gasteiger partial charge on any atom is 0.354 e. The van der Waals surface area contributed by atoms with E-state index in [0.717, 1.165) is 91.6 Å². The van der Waals surface area contributed by atoms with Crippen LogP contribution in [0.3, 0.4) is 0 Å². The molecule has 1 fully saturated rings. The van der Waals surface area contributed by atoms with Crippen LogP contribution < -0.4 is 10.5 Å². The number of anilines is 1. The van der Waals surface area contributed by atoms with Crippen molar-refractivity contribution in [1.82, 2.24) is 4.98 Å². The standard InChI is InChI=1S/C21H26N4O2S2/c1-12-18(13-9-10-13)23-17-8-4-7-16(17)19(12)24-21(26)25-29(22,27)20-15-6-3-2-5-14(15)11-28-20/h11,13H,2-10H2,1H3,(H3,22,23,24,25,26,27). The first-order chi connectivity index (χ1) is 13.9. The minimum atomic E-state index is -3.25. The summed E-state index contributed by atoms with van der Waals surface area (Å²) in [6.07, 6.45) is 9.26. The highest BCUT2D eigenvalue weighted by atomic mass is 32.2. The molecule has 29 heavy (non-hydrogen) atoms. The Bertz CT molecular complexity index is 1120. The summed E-state index contributed by atoms with van der Waals surface area (Å²) in [5.41, 5.74) is 7.38. The third-order valence-electron chi connectivity index (χ3n) is 6.25. The molecule has 0 aliphatic heterocycles. The van der Waals surface area contributed by atoms with Gasteiger partial charge in [0, 0.05) is 17.3 Å². The molecule has 1 saturated carbocycles. The van der Waals surface area contributed by atoms with Gasteiger partial charge in [0.1, 0.15) is 4.21 Å². The van der Waals surface area contributed by atoms with Crippen LogP contribution in [0, 0.1) is 6.92 Å². The smallest absolute Gasteiger partial charge is 0.305 e. The quantitative estimate of drug-likeness (QED) is 0.743. The Kier molecular flexibility index (Phi) is 4.75. The van der Waals surface area contributed by atoms with E-state index in [2.05, 4.69) is 9.68 Å². The largest absolute Gasteiger partial charge is 0.354 e. The average Bonchev–Trinajstić information content (AvgIpc) is 3.24. The van der Waals surface area contributed by atoms with Crippen molar-refractivity contribution in [3.05, 3.63) is 39.0 Å². The molecule has 2 aromatic heterocycles. The molecule has 6 nitrogen and oxygen atoms in total. The Hall–Kier alpha value is -1.77. The lowest BCUT2D eigenvalue weighted by molar-refractivity contribution is 0.260. The Morgan fingerprint density at radius 3 is 2.76 bits per heavy atom. The molecule has 0 aromatic carbocycles. The second-order valence-electron chi connectivity index (χ2n) is 8.37. The van der Waals surface area contributed by atoms with E-state index < -0.39 is 15.9 Å². The van der Waals surface area contributed by atoms with Gasteiger partial charge >= 0.3 is 6.03 Å². The summed E-state index contributed by atoms with van der Waals surface area (Å²) in [6.45, 7) is 2.02. The van der Waals surface area contributed by atoms with Gasteiger partial charge in [-0.1, -0.05) is 0 Å². The minimum absolute atomic E-state index is 0.505. The van der Waals surface area contributed by atoms with Crippen LogP contribution in [0.4, 0.5) is 10.5 Å². The molecule has 154 valence electrons. The van der Waals surface area contributed by atoms with Crippen LogP contribution in [0.15, 0.2) is 14.0 Å². The van der Waals surface area contributed by atoms with Crippen LogP contribution in [0.1, 0.15) is 71.7 Å². The van der Waals surface area contributed by atoms with E-state index in [4.69, 9.17) is 10.1 Å². The van der Waals surface area contributed by atoms with Gasteiger partial charge in [-0.3, -0.25) is 4.98 Å². The van der Waals surface area contributed by atoms with Crippen molar-refractivity contribution in [2.75, 3.05) is 5.32 Å². The fraction of sp³-hybridized carbons (Fsp3) is 0.524. The molecule has 2 amide bonds. The van der Waals surface area contributed by atoms with Crippen LogP contribution in [0.2, 0.25) is 0 Å². The minimum Gasteiger partial charge on any atom is -0.305 e. The number of hydrogen-bond acceptors (Lipinski definition) is 4. The third-order valence-corrected chi connectivity index (χ3v) is 9.33. The highest BCUT2D eigenvalue weighted by molar-refractivity contribution is 7.93. The average molecular weight is 431 g/mol. The van der Waals surface area contributed by atoms with Gasteiger partial charge in [-0.15, -0.1) is 15.7 Å². The Labute approximate surface area is 175 Å². The monoisotopic (exact) mass is 430 g/mol. The Morgan fingerprint density at radius 1 is 1.21 bits per heavy atom. The molecule has 2 aromatic rings. The Morgan fingerprint density at radius 2 is 1.97 bits per heavy atom. The summed E-state index contributed by atoms with van der Waals surface area (Å²) in [4.78, 5) is 17.7. The van der Waals surface area contributed by atoms with Gasteiger partial charge < -0.3 is 5.32 Å². The normalized spacial score (nSPS) is 19.9. The van der Waals surface area contributed by atoms with Crippen LogP contribution in [-0.4, -0.2) is 15.2 Å². The van der Waals surface area contributed by atoms with E-state index in [1.54, 1.807) is 0 Å². The first-order valence-corrected chi connectivity index (χ1v) is 12.9. The van der Waals surface area contributed by atoms with E-state index in [0.29, 0.717) is 10.1 Å². The zero-order valence-corrected chi connectivity index (χ0v) is 18.3. The lowest BCUT2D eigenvalue weighted by atomic mass is 9.96. The molecule has 0 spiro atoms. The Balaban J connectivity index is 1.48. The maximum atomic E-state index is 13.2. The second kappa shape index (κ2) is 7.18. The maximum absolute atomic E-state index is 13.2. The van der Waals surface area contributed by atoms with Crippen molar-refractivity contribution in [1.29, 1.82) is 0 Å². The first kappa shape index (κ1) is 19.2. The van der Waals surface area contributed by atoms with Gasteiger partial charge in [0.15, 0.2) is 9.92 Å². The zero-order valence-electron chi connectivity index (χ0n) is 16.6. The summed E-state index contributed by atoms with van der Waals surface area (Å²) in [6, 6.07) is -0.624. The number of pyridine rings is 1. The predicted octanol–water partition coefficient (Wildman–Crippen LogP) is 4.63. The molecule has 1 atom stereocenters. The van der Waals surface area contributed by atoms with Gasteiger partial charge in [-0.2, -0.15) is 0 Å². The van der Waals surface area contributed by atoms with Crippen molar-refractivity contribution in [2.24, 2.45) is 9.50 Å². The van der Waals surface area contributed by atoms with Crippen LogP contribution >= 0.6 is 11.3 Å². The second-order valence-corrected chi connectivity index (χ2v) is 11.2. The van der Waals surface area contributed by atoms with Gasteiger partial charge in [0.25, 0.3) is 0 Å². The molecule has 8 heteroatoms. The third kappa shape index (κ3) is 3.51.